The van der Waals surface area contributed by atoms with E-state index >= 15 is 0 Å². The third-order valence-electron chi connectivity index (χ3n) is 4.61. The van der Waals surface area contributed by atoms with Crippen LogP contribution in [-0.2, 0) is 16.1 Å². The van der Waals surface area contributed by atoms with Crippen LogP contribution in [0.1, 0.15) is 31.2 Å². The number of likely N-dealkylation sites (N-methyl/N-ethyl adjacent to an activating group) is 1. The molecule has 1 saturated heterocycles. The van der Waals surface area contributed by atoms with Gasteiger partial charge in [0.25, 0.3) is 0 Å². The maximum atomic E-state index is 13.9. The number of carbonyl (C=O) groups excluding carboxylic acids is 3. The molecule has 2 fully saturated rings. The minimum absolute atomic E-state index is 0.0572. The van der Waals surface area contributed by atoms with Gasteiger partial charge in [-0.15, -0.1) is 0 Å². The summed E-state index contributed by atoms with van der Waals surface area (Å²) in [6, 6.07) is 6.33. The molecule has 25 heavy (non-hydrogen) atoms. The largest absolute Gasteiger partial charge is 0.335 e. The van der Waals surface area contributed by atoms with E-state index in [9.17, 15) is 18.8 Å². The van der Waals surface area contributed by atoms with E-state index in [0.29, 0.717) is 12.0 Å². The molecule has 0 bridgehead atoms. The van der Waals surface area contributed by atoms with Crippen molar-refractivity contribution in [3.8, 4) is 0 Å². The maximum absolute atomic E-state index is 13.9. The highest BCUT2D eigenvalue weighted by atomic mass is 19.1. The molecule has 1 aromatic rings. The van der Waals surface area contributed by atoms with Crippen molar-refractivity contribution in [3.63, 3.8) is 0 Å². The molecule has 0 spiro atoms. The molecule has 1 aliphatic carbocycles. The first-order chi connectivity index (χ1) is 12.0. The molecule has 0 radical (unpaired) electrons. The Morgan fingerprint density at radius 3 is 2.60 bits per heavy atom. The molecule has 7 heteroatoms. The van der Waals surface area contributed by atoms with Crippen molar-refractivity contribution in [1.29, 1.82) is 0 Å². The first kappa shape index (κ1) is 17.4. The van der Waals surface area contributed by atoms with Crippen LogP contribution in [0.25, 0.3) is 0 Å². The van der Waals surface area contributed by atoms with Crippen LogP contribution in [-0.4, -0.2) is 58.7 Å². The maximum Gasteiger partial charge on any atom is 0.326 e. The number of urea groups is 1. The summed E-state index contributed by atoms with van der Waals surface area (Å²) in [6.07, 6.45) is 2.54. The van der Waals surface area contributed by atoms with Crippen molar-refractivity contribution in [1.82, 2.24) is 14.7 Å². The van der Waals surface area contributed by atoms with Gasteiger partial charge in [-0.3, -0.25) is 14.5 Å². The highest BCUT2D eigenvalue weighted by molar-refractivity contribution is 6.01. The summed E-state index contributed by atoms with van der Waals surface area (Å²) in [6.45, 7) is 0.598. The summed E-state index contributed by atoms with van der Waals surface area (Å²) in [5, 5.41) is 0. The first-order valence-electron chi connectivity index (χ1n) is 8.55. The fraction of sp³-hybridized carbons (Fsp3) is 0.500. The minimum Gasteiger partial charge on any atom is -0.335 e. The summed E-state index contributed by atoms with van der Waals surface area (Å²) in [5.74, 6) is -0.596. The smallest absolute Gasteiger partial charge is 0.326 e. The Hall–Kier alpha value is -2.44. The number of amides is 4. The lowest BCUT2D eigenvalue weighted by atomic mass is 10.1. The van der Waals surface area contributed by atoms with E-state index in [1.165, 1.54) is 15.9 Å². The Balaban J connectivity index is 1.54. The number of imide groups is 1. The zero-order chi connectivity index (χ0) is 18.0. The second kappa shape index (κ2) is 7.21. The van der Waals surface area contributed by atoms with Crippen molar-refractivity contribution < 1.29 is 18.8 Å². The number of benzene rings is 1. The average Bonchev–Trinajstić information content (AvgIpc) is 3.38. The molecule has 6 nitrogen and oxygen atoms in total. The lowest BCUT2D eigenvalue weighted by molar-refractivity contribution is -0.133. The Labute approximate surface area is 146 Å². The van der Waals surface area contributed by atoms with E-state index in [1.807, 2.05) is 0 Å². The molecular weight excluding hydrogens is 325 g/mol. The second-order valence-corrected chi connectivity index (χ2v) is 6.63. The van der Waals surface area contributed by atoms with Crippen molar-refractivity contribution in [2.75, 3.05) is 20.1 Å². The zero-order valence-electron chi connectivity index (χ0n) is 14.3. The Morgan fingerprint density at radius 1 is 1.28 bits per heavy atom. The van der Waals surface area contributed by atoms with Crippen LogP contribution >= 0.6 is 0 Å². The van der Waals surface area contributed by atoms with Gasteiger partial charge in [-0.1, -0.05) is 18.2 Å². The molecule has 1 saturated carbocycles. The van der Waals surface area contributed by atoms with Crippen LogP contribution in [0.3, 0.4) is 0 Å². The molecule has 0 aromatic heterocycles. The van der Waals surface area contributed by atoms with E-state index in [2.05, 4.69) is 0 Å². The lowest BCUT2D eigenvalue weighted by Crippen LogP contribution is -2.35. The topological polar surface area (TPSA) is 60.9 Å². The normalized spacial score (nSPS) is 17.4. The van der Waals surface area contributed by atoms with Crippen LogP contribution in [0.15, 0.2) is 24.3 Å². The lowest BCUT2D eigenvalue weighted by Gasteiger charge is -2.23. The van der Waals surface area contributed by atoms with E-state index in [4.69, 9.17) is 0 Å². The average molecular weight is 347 g/mol. The molecule has 3 rings (SSSR count). The van der Waals surface area contributed by atoms with Crippen molar-refractivity contribution in [3.05, 3.63) is 35.6 Å². The third kappa shape index (κ3) is 3.97. The quantitative estimate of drug-likeness (QED) is 0.709. The molecule has 1 aliphatic heterocycles. The number of halogens is 1. The summed E-state index contributed by atoms with van der Waals surface area (Å²) in [5.41, 5.74) is 0.509. The second-order valence-electron chi connectivity index (χ2n) is 6.63. The minimum atomic E-state index is -0.317. The van der Waals surface area contributed by atoms with Crippen LogP contribution in [0, 0.1) is 5.82 Å². The van der Waals surface area contributed by atoms with Gasteiger partial charge in [-0.2, -0.15) is 0 Å². The highest BCUT2D eigenvalue weighted by Crippen LogP contribution is 2.29. The molecule has 0 unspecified atom stereocenters. The van der Waals surface area contributed by atoms with Gasteiger partial charge >= 0.3 is 6.03 Å². The Morgan fingerprint density at radius 2 is 2.00 bits per heavy atom. The molecule has 0 N–H and O–H groups in total. The standard InChI is InChI=1S/C18H22FN3O3/c1-20-12-17(24)21(18(20)25)10-4-7-16(23)22(14-8-9-14)11-13-5-2-3-6-15(13)19/h2-3,5-6,14H,4,7-12H2,1H3. The SMILES string of the molecule is CN1CC(=O)N(CCCC(=O)N(Cc2ccccc2F)C2CC2)C1=O. The summed E-state index contributed by atoms with van der Waals surface area (Å²) in [7, 11) is 1.58. The van der Waals surface area contributed by atoms with Gasteiger partial charge in [0.1, 0.15) is 12.4 Å². The van der Waals surface area contributed by atoms with Crippen LogP contribution in [0.5, 0.6) is 0 Å². The van der Waals surface area contributed by atoms with E-state index in [0.717, 1.165) is 12.8 Å². The van der Waals surface area contributed by atoms with Crippen molar-refractivity contribution >= 4 is 17.8 Å². The van der Waals surface area contributed by atoms with Crippen molar-refractivity contribution in [2.24, 2.45) is 0 Å². The Kier molecular flexibility index (Phi) is 5.01. The first-order valence-corrected chi connectivity index (χ1v) is 8.55. The van der Waals surface area contributed by atoms with Gasteiger partial charge in [0, 0.05) is 38.2 Å². The molecule has 134 valence electrons. The van der Waals surface area contributed by atoms with Gasteiger partial charge in [-0.25, -0.2) is 9.18 Å². The molecule has 1 aromatic carbocycles. The zero-order valence-corrected chi connectivity index (χ0v) is 14.3. The molecular formula is C18H22FN3O3. The van der Waals surface area contributed by atoms with Gasteiger partial charge in [-0.05, 0) is 25.3 Å². The third-order valence-corrected chi connectivity index (χ3v) is 4.61. The predicted octanol–water partition coefficient (Wildman–Crippen LogP) is 1.99. The molecule has 4 amide bonds. The summed E-state index contributed by atoms with van der Waals surface area (Å²) < 4.78 is 13.9. The van der Waals surface area contributed by atoms with Gasteiger partial charge < -0.3 is 9.80 Å². The van der Waals surface area contributed by atoms with Gasteiger partial charge in [0.2, 0.25) is 11.8 Å². The van der Waals surface area contributed by atoms with Crippen LogP contribution < -0.4 is 0 Å². The monoisotopic (exact) mass is 347 g/mol. The highest BCUT2D eigenvalue weighted by Gasteiger charge is 2.35. The number of rotatable bonds is 7. The van der Waals surface area contributed by atoms with Crippen molar-refractivity contribution in [2.45, 2.75) is 38.3 Å². The van der Waals surface area contributed by atoms with E-state index in [-0.39, 0.29) is 55.8 Å². The number of nitrogens with zero attached hydrogens (tertiary/aromatic N) is 3. The molecule has 1 heterocycles. The number of hydrogen-bond donors (Lipinski definition) is 0. The van der Waals surface area contributed by atoms with Gasteiger partial charge in [0.15, 0.2) is 0 Å². The summed E-state index contributed by atoms with van der Waals surface area (Å²) >= 11 is 0. The number of hydrogen-bond acceptors (Lipinski definition) is 3. The van der Waals surface area contributed by atoms with Crippen LogP contribution in [0.2, 0.25) is 0 Å². The summed E-state index contributed by atoms with van der Waals surface area (Å²) in [4.78, 5) is 40.4. The Bertz CT molecular complexity index is 690. The fourth-order valence-electron chi connectivity index (χ4n) is 3.04. The number of carbonyl (C=O) groups is 3. The molecule has 2 aliphatic rings. The fourth-order valence-corrected chi connectivity index (χ4v) is 3.04. The van der Waals surface area contributed by atoms with E-state index < -0.39 is 0 Å². The predicted molar refractivity (Wildman–Crippen MR) is 88.9 cm³/mol. The van der Waals surface area contributed by atoms with Gasteiger partial charge in [0.05, 0.1) is 0 Å². The van der Waals surface area contributed by atoms with E-state index in [1.54, 1.807) is 30.1 Å². The molecule has 0 atom stereocenters. The van der Waals surface area contributed by atoms with Crippen LogP contribution in [0.4, 0.5) is 9.18 Å².